The molecule has 3 N–H and O–H groups in total. The van der Waals surface area contributed by atoms with Gasteiger partial charge in [0.05, 0.1) is 0 Å². The van der Waals surface area contributed by atoms with Gasteiger partial charge >= 0.3 is 0 Å². The highest BCUT2D eigenvalue weighted by Crippen LogP contribution is 2.24. The van der Waals surface area contributed by atoms with Gasteiger partial charge < -0.3 is 11.1 Å². The molecule has 0 aliphatic carbocycles. The van der Waals surface area contributed by atoms with Gasteiger partial charge in [-0.15, -0.1) is 0 Å². The Morgan fingerprint density at radius 1 is 1.42 bits per heavy atom. The molecule has 2 heteroatoms. The van der Waals surface area contributed by atoms with Gasteiger partial charge in [0.15, 0.2) is 0 Å². The van der Waals surface area contributed by atoms with Crippen molar-refractivity contribution in [3.05, 3.63) is 0 Å². The average Bonchev–Trinajstić information content (AvgIpc) is 2.50. The van der Waals surface area contributed by atoms with Gasteiger partial charge in [0.2, 0.25) is 0 Å². The highest BCUT2D eigenvalue weighted by atomic mass is 15.0. The summed E-state index contributed by atoms with van der Waals surface area (Å²) in [5.41, 5.74) is 5.63. The van der Waals surface area contributed by atoms with E-state index in [-0.39, 0.29) is 0 Å². The van der Waals surface area contributed by atoms with E-state index in [1.807, 2.05) is 0 Å². The Labute approximate surface area is 75.9 Å². The molecule has 1 fully saturated rings. The van der Waals surface area contributed by atoms with E-state index in [1.54, 1.807) is 0 Å². The topological polar surface area (TPSA) is 38.0 Å². The summed E-state index contributed by atoms with van der Waals surface area (Å²) in [4.78, 5) is 0. The standard InChI is InChI=1S/C10H22N2/c1-7(2)8(3)10-4-9(5-11)6-12-10/h7-10,12H,4-6,11H2,1-3H3/t8?,9-,10-/m1/s1. The van der Waals surface area contributed by atoms with Crippen molar-refractivity contribution in [2.24, 2.45) is 23.5 Å². The zero-order valence-electron chi connectivity index (χ0n) is 8.51. The van der Waals surface area contributed by atoms with Crippen LogP contribution in [0, 0.1) is 17.8 Å². The summed E-state index contributed by atoms with van der Waals surface area (Å²) in [6.07, 6.45) is 1.27. The third-order valence-corrected chi connectivity index (χ3v) is 3.28. The maximum Gasteiger partial charge on any atom is 0.00988 e. The first-order valence-electron chi connectivity index (χ1n) is 5.08. The summed E-state index contributed by atoms with van der Waals surface area (Å²) in [5, 5.41) is 3.56. The smallest absolute Gasteiger partial charge is 0.00988 e. The fourth-order valence-electron chi connectivity index (χ4n) is 1.89. The molecule has 0 aromatic heterocycles. The number of hydrogen-bond donors (Lipinski definition) is 2. The molecule has 0 spiro atoms. The first kappa shape index (κ1) is 10.0. The Balaban J connectivity index is 2.35. The molecule has 0 saturated carbocycles. The lowest BCUT2D eigenvalue weighted by molar-refractivity contribution is 0.319. The first-order valence-corrected chi connectivity index (χ1v) is 5.08. The Bertz CT molecular complexity index is 134. The predicted molar refractivity (Wildman–Crippen MR) is 53.0 cm³/mol. The molecule has 1 aliphatic heterocycles. The SMILES string of the molecule is CC(C)C(C)[C@H]1C[C@H](CN)CN1. The van der Waals surface area contributed by atoms with Crippen LogP contribution in [0.3, 0.4) is 0 Å². The van der Waals surface area contributed by atoms with Crippen LogP contribution in [0.1, 0.15) is 27.2 Å². The molecule has 0 aromatic carbocycles. The molecule has 1 rings (SSSR count). The minimum Gasteiger partial charge on any atom is -0.330 e. The van der Waals surface area contributed by atoms with Gasteiger partial charge in [-0.2, -0.15) is 0 Å². The molecule has 1 heterocycles. The lowest BCUT2D eigenvalue weighted by atomic mass is 9.88. The van der Waals surface area contributed by atoms with Crippen LogP contribution in [0.25, 0.3) is 0 Å². The van der Waals surface area contributed by atoms with Crippen molar-refractivity contribution in [2.45, 2.75) is 33.2 Å². The van der Waals surface area contributed by atoms with E-state index in [9.17, 15) is 0 Å². The molecule has 2 nitrogen and oxygen atoms in total. The highest BCUT2D eigenvalue weighted by molar-refractivity contribution is 4.86. The lowest BCUT2D eigenvalue weighted by Crippen LogP contribution is -2.31. The Hall–Kier alpha value is -0.0800. The number of rotatable bonds is 3. The minimum atomic E-state index is 0.707. The van der Waals surface area contributed by atoms with E-state index >= 15 is 0 Å². The van der Waals surface area contributed by atoms with Crippen molar-refractivity contribution in [1.82, 2.24) is 5.32 Å². The third kappa shape index (κ3) is 2.20. The third-order valence-electron chi connectivity index (χ3n) is 3.28. The minimum absolute atomic E-state index is 0.707. The van der Waals surface area contributed by atoms with Crippen molar-refractivity contribution in [1.29, 1.82) is 0 Å². The van der Waals surface area contributed by atoms with Gasteiger partial charge in [0, 0.05) is 6.04 Å². The summed E-state index contributed by atoms with van der Waals surface area (Å²) in [6.45, 7) is 8.89. The fraction of sp³-hybridized carbons (Fsp3) is 1.00. The molecule has 1 aliphatic rings. The van der Waals surface area contributed by atoms with Gasteiger partial charge in [-0.1, -0.05) is 20.8 Å². The number of nitrogens with one attached hydrogen (secondary N) is 1. The molecule has 0 amide bonds. The summed E-state index contributed by atoms with van der Waals surface area (Å²) in [7, 11) is 0. The monoisotopic (exact) mass is 170 g/mol. The van der Waals surface area contributed by atoms with Crippen LogP contribution < -0.4 is 11.1 Å². The van der Waals surface area contributed by atoms with E-state index in [2.05, 4.69) is 26.1 Å². The highest BCUT2D eigenvalue weighted by Gasteiger charge is 2.28. The van der Waals surface area contributed by atoms with E-state index in [0.29, 0.717) is 6.04 Å². The van der Waals surface area contributed by atoms with Gasteiger partial charge in [-0.3, -0.25) is 0 Å². The maximum atomic E-state index is 5.63. The zero-order valence-corrected chi connectivity index (χ0v) is 8.51. The van der Waals surface area contributed by atoms with Gasteiger partial charge in [0.1, 0.15) is 0 Å². The van der Waals surface area contributed by atoms with Crippen molar-refractivity contribution < 1.29 is 0 Å². The Morgan fingerprint density at radius 2 is 2.08 bits per heavy atom. The molecule has 12 heavy (non-hydrogen) atoms. The fourth-order valence-corrected chi connectivity index (χ4v) is 1.89. The maximum absolute atomic E-state index is 5.63. The lowest BCUT2D eigenvalue weighted by Gasteiger charge is -2.23. The second-order valence-electron chi connectivity index (χ2n) is 4.46. The van der Waals surface area contributed by atoms with Crippen molar-refractivity contribution in [3.8, 4) is 0 Å². The van der Waals surface area contributed by atoms with Crippen LogP contribution in [0.5, 0.6) is 0 Å². The second-order valence-corrected chi connectivity index (χ2v) is 4.46. The van der Waals surface area contributed by atoms with E-state index in [1.165, 1.54) is 6.42 Å². The summed E-state index contributed by atoms with van der Waals surface area (Å²) >= 11 is 0. The van der Waals surface area contributed by atoms with Crippen LogP contribution >= 0.6 is 0 Å². The molecule has 0 radical (unpaired) electrons. The molecule has 1 saturated heterocycles. The normalized spacial score (nSPS) is 32.8. The van der Waals surface area contributed by atoms with Crippen LogP contribution in [-0.4, -0.2) is 19.1 Å². The molecule has 0 aromatic rings. The zero-order chi connectivity index (χ0) is 9.14. The van der Waals surface area contributed by atoms with Crippen molar-refractivity contribution in [3.63, 3.8) is 0 Å². The molecular weight excluding hydrogens is 148 g/mol. The van der Waals surface area contributed by atoms with Crippen molar-refractivity contribution >= 4 is 0 Å². The first-order chi connectivity index (χ1) is 5.65. The van der Waals surface area contributed by atoms with E-state index in [0.717, 1.165) is 30.8 Å². The summed E-state index contributed by atoms with van der Waals surface area (Å²) < 4.78 is 0. The largest absolute Gasteiger partial charge is 0.330 e. The van der Waals surface area contributed by atoms with E-state index in [4.69, 9.17) is 5.73 Å². The molecule has 1 unspecified atom stereocenters. The Morgan fingerprint density at radius 3 is 2.50 bits per heavy atom. The van der Waals surface area contributed by atoms with Gasteiger partial charge in [-0.05, 0) is 37.3 Å². The van der Waals surface area contributed by atoms with E-state index < -0.39 is 0 Å². The second kappa shape index (κ2) is 4.24. The van der Waals surface area contributed by atoms with Crippen LogP contribution in [0.2, 0.25) is 0 Å². The molecule has 3 atom stereocenters. The van der Waals surface area contributed by atoms with Crippen LogP contribution in [0.15, 0.2) is 0 Å². The van der Waals surface area contributed by atoms with Crippen molar-refractivity contribution in [2.75, 3.05) is 13.1 Å². The predicted octanol–water partition coefficient (Wildman–Crippen LogP) is 1.22. The Kier molecular flexibility index (Phi) is 3.53. The molecular formula is C10H22N2. The quantitative estimate of drug-likeness (QED) is 0.668. The van der Waals surface area contributed by atoms with Gasteiger partial charge in [0.25, 0.3) is 0 Å². The summed E-state index contributed by atoms with van der Waals surface area (Å²) in [6, 6.07) is 0.707. The number of hydrogen-bond acceptors (Lipinski definition) is 2. The van der Waals surface area contributed by atoms with Crippen LogP contribution in [-0.2, 0) is 0 Å². The average molecular weight is 170 g/mol. The molecule has 72 valence electrons. The number of nitrogens with two attached hydrogens (primary N) is 1. The summed E-state index contributed by atoms with van der Waals surface area (Å²) in [5.74, 6) is 2.27. The van der Waals surface area contributed by atoms with Crippen LogP contribution in [0.4, 0.5) is 0 Å². The molecule has 0 bridgehead atoms. The van der Waals surface area contributed by atoms with Gasteiger partial charge in [-0.25, -0.2) is 0 Å².